The molecule has 0 radical (unpaired) electrons. The Balaban J connectivity index is 1.82. The summed E-state index contributed by atoms with van der Waals surface area (Å²) >= 11 is 0. The fourth-order valence-corrected chi connectivity index (χ4v) is 2.39. The molecule has 0 bridgehead atoms. The number of fused-ring (bicyclic) bond motifs is 1. The van der Waals surface area contributed by atoms with Crippen LogP contribution >= 0.6 is 0 Å². The fraction of sp³-hybridized carbons (Fsp3) is 0.438. The van der Waals surface area contributed by atoms with Crippen molar-refractivity contribution in [2.75, 3.05) is 7.05 Å². The summed E-state index contributed by atoms with van der Waals surface area (Å²) in [4.78, 5) is 22.8. The van der Waals surface area contributed by atoms with Crippen LogP contribution in [0.15, 0.2) is 16.7 Å². The molecule has 0 spiro atoms. The van der Waals surface area contributed by atoms with Crippen molar-refractivity contribution >= 4 is 11.6 Å². The predicted octanol–water partition coefficient (Wildman–Crippen LogP) is 2.12. The molecule has 0 atom stereocenters. The Morgan fingerprint density at radius 2 is 2.04 bits per heavy atom. The number of carbonyl (C=O) groups excluding carboxylic acids is 1. The highest BCUT2D eigenvalue weighted by molar-refractivity contribution is 5.92. The molecule has 0 unspecified atom stereocenters. The molecule has 0 aromatic carbocycles. The Hall–Kier alpha value is -2.77. The zero-order chi connectivity index (χ0) is 17.4. The van der Waals surface area contributed by atoms with E-state index in [2.05, 4.69) is 20.2 Å². The first-order chi connectivity index (χ1) is 11.3. The van der Waals surface area contributed by atoms with Crippen molar-refractivity contribution in [3.8, 4) is 0 Å². The lowest BCUT2D eigenvalue weighted by Gasteiger charge is -2.14. The van der Waals surface area contributed by atoms with Crippen LogP contribution in [0.2, 0.25) is 0 Å². The molecular formula is C16H20N6O2. The van der Waals surface area contributed by atoms with Gasteiger partial charge in [-0.15, -0.1) is 0 Å². The van der Waals surface area contributed by atoms with E-state index in [9.17, 15) is 4.79 Å². The second kappa shape index (κ2) is 6.03. The van der Waals surface area contributed by atoms with Gasteiger partial charge in [0.15, 0.2) is 11.5 Å². The highest BCUT2D eigenvalue weighted by Gasteiger charge is 2.19. The van der Waals surface area contributed by atoms with Crippen LogP contribution in [-0.2, 0) is 6.54 Å². The first-order valence-electron chi connectivity index (χ1n) is 7.77. The molecule has 0 aliphatic carbocycles. The normalized spacial score (nSPS) is 11.4. The van der Waals surface area contributed by atoms with Gasteiger partial charge in [-0.1, -0.05) is 19.0 Å². The highest BCUT2D eigenvalue weighted by Crippen LogP contribution is 2.13. The van der Waals surface area contributed by atoms with Crippen molar-refractivity contribution in [3.05, 3.63) is 40.9 Å². The van der Waals surface area contributed by atoms with Gasteiger partial charge in [-0.3, -0.25) is 4.79 Å². The van der Waals surface area contributed by atoms with Crippen molar-refractivity contribution in [3.63, 3.8) is 0 Å². The zero-order valence-electron chi connectivity index (χ0n) is 14.4. The average molecular weight is 328 g/mol. The molecule has 0 N–H and O–H groups in total. The number of aromatic nitrogens is 5. The minimum Gasteiger partial charge on any atom is -0.337 e. The number of amides is 1. The third-order valence-electron chi connectivity index (χ3n) is 3.67. The number of carbonyl (C=O) groups is 1. The first kappa shape index (κ1) is 16.1. The molecule has 8 nitrogen and oxygen atoms in total. The second-order valence-electron chi connectivity index (χ2n) is 6.20. The van der Waals surface area contributed by atoms with E-state index in [4.69, 9.17) is 4.52 Å². The van der Waals surface area contributed by atoms with Crippen LogP contribution in [0.4, 0.5) is 0 Å². The molecule has 3 aromatic rings. The van der Waals surface area contributed by atoms with Gasteiger partial charge in [-0.05, 0) is 19.9 Å². The lowest BCUT2D eigenvalue weighted by Crippen LogP contribution is -2.27. The maximum atomic E-state index is 12.6. The third kappa shape index (κ3) is 2.99. The van der Waals surface area contributed by atoms with Crippen LogP contribution in [0.1, 0.15) is 53.4 Å². The van der Waals surface area contributed by atoms with Crippen LogP contribution in [0, 0.1) is 13.8 Å². The Labute approximate surface area is 139 Å². The van der Waals surface area contributed by atoms with Crippen molar-refractivity contribution < 1.29 is 9.32 Å². The smallest absolute Gasteiger partial charge is 0.272 e. The lowest BCUT2D eigenvalue weighted by atomic mass is 10.2. The van der Waals surface area contributed by atoms with Gasteiger partial charge in [0.25, 0.3) is 5.91 Å². The van der Waals surface area contributed by atoms with Gasteiger partial charge in [0.1, 0.15) is 12.2 Å². The van der Waals surface area contributed by atoms with Crippen LogP contribution in [0.5, 0.6) is 0 Å². The number of aryl methyl sites for hydroxylation is 2. The Morgan fingerprint density at radius 1 is 1.29 bits per heavy atom. The summed E-state index contributed by atoms with van der Waals surface area (Å²) in [7, 11) is 1.68. The average Bonchev–Trinajstić information content (AvgIpc) is 3.12. The van der Waals surface area contributed by atoms with Crippen LogP contribution in [0.3, 0.4) is 0 Å². The van der Waals surface area contributed by atoms with Gasteiger partial charge < -0.3 is 9.42 Å². The molecule has 1 amide bonds. The standard InChI is InChI=1S/C16H20N6O2/c1-9(2)15-18-14(24-20-15)8-21(5)16(23)12-7-11(4)22-13(17-12)6-10(3)19-22/h6-7,9H,8H2,1-5H3. The second-order valence-corrected chi connectivity index (χ2v) is 6.20. The summed E-state index contributed by atoms with van der Waals surface area (Å²) in [5.74, 6) is 1.02. The van der Waals surface area contributed by atoms with Crippen molar-refractivity contribution in [1.82, 2.24) is 29.6 Å². The Kier molecular flexibility index (Phi) is 4.04. The summed E-state index contributed by atoms with van der Waals surface area (Å²) in [6.07, 6.45) is 0. The molecule has 3 aromatic heterocycles. The van der Waals surface area contributed by atoms with Gasteiger partial charge >= 0.3 is 0 Å². The van der Waals surface area contributed by atoms with E-state index in [0.29, 0.717) is 23.1 Å². The monoisotopic (exact) mass is 328 g/mol. The first-order valence-corrected chi connectivity index (χ1v) is 7.77. The van der Waals surface area contributed by atoms with Crippen LogP contribution < -0.4 is 0 Å². The van der Waals surface area contributed by atoms with Gasteiger partial charge in [-0.25, -0.2) is 9.50 Å². The minimum absolute atomic E-state index is 0.181. The number of nitrogens with zero attached hydrogens (tertiary/aromatic N) is 6. The topological polar surface area (TPSA) is 89.4 Å². The maximum Gasteiger partial charge on any atom is 0.272 e. The summed E-state index contributed by atoms with van der Waals surface area (Å²) in [6.45, 7) is 8.00. The molecule has 24 heavy (non-hydrogen) atoms. The molecule has 0 saturated heterocycles. The van der Waals surface area contributed by atoms with Crippen molar-refractivity contribution in [2.45, 2.75) is 40.2 Å². The molecule has 3 rings (SSSR count). The quantitative estimate of drug-likeness (QED) is 0.729. The van der Waals surface area contributed by atoms with Gasteiger partial charge in [0.2, 0.25) is 5.89 Å². The molecule has 0 fully saturated rings. The van der Waals surface area contributed by atoms with Crippen LogP contribution in [-0.4, -0.2) is 42.6 Å². The van der Waals surface area contributed by atoms with Crippen molar-refractivity contribution in [2.24, 2.45) is 0 Å². The van der Waals surface area contributed by atoms with Crippen molar-refractivity contribution in [1.29, 1.82) is 0 Å². The minimum atomic E-state index is -0.205. The molecule has 0 saturated carbocycles. The third-order valence-corrected chi connectivity index (χ3v) is 3.67. The summed E-state index contributed by atoms with van der Waals surface area (Å²) in [6, 6.07) is 3.57. The fourth-order valence-electron chi connectivity index (χ4n) is 2.39. The highest BCUT2D eigenvalue weighted by atomic mass is 16.5. The molecule has 0 aliphatic rings. The SMILES string of the molecule is Cc1cc2nc(C(=O)N(C)Cc3nc(C(C)C)no3)cc(C)n2n1. The summed E-state index contributed by atoms with van der Waals surface area (Å²) in [5, 5.41) is 8.25. The van der Waals surface area contributed by atoms with E-state index in [1.165, 1.54) is 4.90 Å². The number of rotatable bonds is 4. The molecule has 0 aliphatic heterocycles. The number of hydrogen-bond donors (Lipinski definition) is 0. The van der Waals surface area contributed by atoms with E-state index in [1.54, 1.807) is 17.6 Å². The van der Waals surface area contributed by atoms with E-state index < -0.39 is 0 Å². The number of hydrogen-bond acceptors (Lipinski definition) is 6. The maximum absolute atomic E-state index is 12.6. The Bertz CT molecular complexity index is 895. The Morgan fingerprint density at radius 3 is 2.71 bits per heavy atom. The van der Waals surface area contributed by atoms with E-state index >= 15 is 0 Å². The largest absolute Gasteiger partial charge is 0.337 e. The van der Waals surface area contributed by atoms with Gasteiger partial charge in [-0.2, -0.15) is 10.1 Å². The van der Waals surface area contributed by atoms with E-state index in [0.717, 1.165) is 11.4 Å². The van der Waals surface area contributed by atoms with E-state index in [1.807, 2.05) is 33.8 Å². The van der Waals surface area contributed by atoms with Gasteiger partial charge in [0, 0.05) is 24.7 Å². The summed E-state index contributed by atoms with van der Waals surface area (Å²) < 4.78 is 6.91. The molecule has 3 heterocycles. The molecule has 8 heteroatoms. The molecular weight excluding hydrogens is 308 g/mol. The van der Waals surface area contributed by atoms with Crippen LogP contribution in [0.25, 0.3) is 5.65 Å². The lowest BCUT2D eigenvalue weighted by molar-refractivity contribution is 0.0763. The zero-order valence-corrected chi connectivity index (χ0v) is 14.4. The molecule has 126 valence electrons. The van der Waals surface area contributed by atoms with Gasteiger partial charge in [0.05, 0.1) is 5.69 Å². The predicted molar refractivity (Wildman–Crippen MR) is 86.6 cm³/mol. The van der Waals surface area contributed by atoms with E-state index in [-0.39, 0.29) is 18.4 Å². The summed E-state index contributed by atoms with van der Waals surface area (Å²) in [5.41, 5.74) is 2.73.